The zero-order valence-corrected chi connectivity index (χ0v) is 32.0. The van der Waals surface area contributed by atoms with Crippen LogP contribution in [0.25, 0.3) is 54.8 Å². The fourth-order valence-electron chi connectivity index (χ4n) is 9.33. The summed E-state index contributed by atoms with van der Waals surface area (Å²) in [6.45, 7) is 0. The molecule has 8 aromatic carbocycles. The van der Waals surface area contributed by atoms with Crippen LogP contribution in [-0.4, -0.2) is 21.3 Å². The molecule has 0 saturated carbocycles. The van der Waals surface area contributed by atoms with Crippen molar-refractivity contribution in [3.05, 3.63) is 246 Å². The molecule has 59 heavy (non-hydrogen) atoms. The Kier molecular flexibility index (Phi) is 8.12. The lowest BCUT2D eigenvalue weighted by molar-refractivity contribution is 0.763. The molecule has 1 atom stereocenters. The molecule has 1 unspecified atom stereocenters. The van der Waals surface area contributed by atoms with Gasteiger partial charge in [0.05, 0.1) is 16.4 Å². The molecule has 278 valence electrons. The molecular formula is C54H37N5. The quantitative estimate of drug-likeness (QED) is 0.131. The van der Waals surface area contributed by atoms with Crippen molar-refractivity contribution in [3.63, 3.8) is 0 Å². The number of fused-ring (bicyclic) bond motifs is 8. The molecule has 0 aliphatic heterocycles. The molecule has 0 bridgehead atoms. The maximum atomic E-state index is 9.06. The van der Waals surface area contributed by atoms with Crippen molar-refractivity contribution in [2.24, 2.45) is 4.99 Å². The minimum absolute atomic E-state index is 0.179. The highest BCUT2D eigenvalue weighted by atomic mass is 15.4. The number of amidine groups is 2. The van der Waals surface area contributed by atoms with Gasteiger partial charge in [-0.3, -0.25) is 20.5 Å². The van der Waals surface area contributed by atoms with Crippen LogP contribution in [0.3, 0.4) is 0 Å². The normalized spacial score (nSPS) is 14.7. The Morgan fingerprint density at radius 2 is 1.22 bits per heavy atom. The highest BCUT2D eigenvalue weighted by Crippen LogP contribution is 2.58. The van der Waals surface area contributed by atoms with E-state index in [2.05, 4.69) is 149 Å². The second-order valence-corrected chi connectivity index (χ2v) is 15.0. The first kappa shape index (κ1) is 34.4. The predicted octanol–water partition coefficient (Wildman–Crippen LogP) is 12.4. The number of nitrogens with zero attached hydrogens (tertiary/aromatic N) is 3. The number of nitrogens with one attached hydrogen (secondary N) is 2. The van der Waals surface area contributed by atoms with Crippen LogP contribution in [0.4, 0.5) is 0 Å². The Morgan fingerprint density at radius 3 is 2.02 bits per heavy atom. The Balaban J connectivity index is 1.17. The van der Waals surface area contributed by atoms with Gasteiger partial charge in [-0.2, -0.15) is 0 Å². The van der Waals surface area contributed by atoms with E-state index in [-0.39, 0.29) is 5.84 Å². The molecule has 2 aromatic heterocycles. The number of aliphatic imine (C=N–C) groups is 1. The number of aromatic nitrogens is 2. The van der Waals surface area contributed by atoms with Gasteiger partial charge in [-0.05, 0) is 73.5 Å². The standard InChI is InChI=1S/C54H37N5/c55-52(37-17-4-1-5-18-37)57-53(38-19-6-2-7-20-38)58-59-48-32-30-36-16-10-11-24-42(36)51(48)45-31-29-39(34-49(45)59)43-26-14-28-47-50(43)44-25-12-13-27-46(44)54(47,40-21-8-3-9-22-40)41-23-15-33-56-35-41/h1-35H,(H2,55,57,58). The van der Waals surface area contributed by atoms with Gasteiger partial charge in [0.2, 0.25) is 0 Å². The number of pyridine rings is 1. The SMILES string of the molecule is N=C(N=C(Nn1c2cc(-c3cccc4c3-c3ccccc3C4(c3ccccc3)c3cccnc3)ccc2c2c3ccccc3ccc21)c1ccccc1)c1ccccc1. The third kappa shape index (κ3) is 5.43. The van der Waals surface area contributed by atoms with Crippen LogP contribution in [0, 0.1) is 5.41 Å². The third-order valence-corrected chi connectivity index (χ3v) is 11.9. The summed E-state index contributed by atoms with van der Waals surface area (Å²) in [5.41, 5.74) is 16.4. The summed E-state index contributed by atoms with van der Waals surface area (Å²) in [7, 11) is 0. The number of hydrogen-bond donors (Lipinski definition) is 2. The number of hydrogen-bond acceptors (Lipinski definition) is 2. The third-order valence-electron chi connectivity index (χ3n) is 11.9. The number of benzene rings is 8. The first-order valence-electron chi connectivity index (χ1n) is 19.9. The van der Waals surface area contributed by atoms with E-state index in [1.807, 2.05) is 79.1 Å². The zero-order valence-electron chi connectivity index (χ0n) is 32.0. The zero-order chi connectivity index (χ0) is 39.3. The van der Waals surface area contributed by atoms with E-state index in [9.17, 15) is 0 Å². The molecule has 0 saturated heterocycles. The summed E-state index contributed by atoms with van der Waals surface area (Å²) in [4.78, 5) is 9.62. The topological polar surface area (TPSA) is 66.1 Å². The maximum Gasteiger partial charge on any atom is 0.154 e. The van der Waals surface area contributed by atoms with Crippen LogP contribution < -0.4 is 5.43 Å². The van der Waals surface area contributed by atoms with Crippen molar-refractivity contribution in [1.29, 1.82) is 5.41 Å². The lowest BCUT2D eigenvalue weighted by Crippen LogP contribution is -2.28. The second kappa shape index (κ2) is 13.9. The molecule has 1 aliphatic carbocycles. The minimum atomic E-state index is -0.554. The van der Waals surface area contributed by atoms with Crippen LogP contribution in [0.1, 0.15) is 33.4 Å². The van der Waals surface area contributed by atoms with Crippen LogP contribution in [0.5, 0.6) is 0 Å². The second-order valence-electron chi connectivity index (χ2n) is 15.0. The van der Waals surface area contributed by atoms with Gasteiger partial charge in [-0.15, -0.1) is 0 Å². The van der Waals surface area contributed by atoms with Crippen molar-refractivity contribution in [2.75, 3.05) is 5.43 Å². The monoisotopic (exact) mass is 755 g/mol. The van der Waals surface area contributed by atoms with Crippen molar-refractivity contribution in [1.82, 2.24) is 9.66 Å². The molecule has 10 aromatic rings. The number of rotatable bonds is 6. The average Bonchev–Trinajstić information content (AvgIpc) is 3.80. The van der Waals surface area contributed by atoms with Crippen molar-refractivity contribution in [2.45, 2.75) is 5.41 Å². The molecule has 0 radical (unpaired) electrons. The Morgan fingerprint density at radius 1 is 0.542 bits per heavy atom. The summed E-state index contributed by atoms with van der Waals surface area (Å²) in [6, 6.07) is 70.3. The summed E-state index contributed by atoms with van der Waals surface area (Å²) in [5.74, 6) is 0.758. The predicted molar refractivity (Wildman–Crippen MR) is 243 cm³/mol. The first-order chi connectivity index (χ1) is 29.2. The van der Waals surface area contributed by atoms with E-state index >= 15 is 0 Å². The van der Waals surface area contributed by atoms with Gasteiger partial charge in [0.15, 0.2) is 11.7 Å². The fourth-order valence-corrected chi connectivity index (χ4v) is 9.33. The Labute approximate surface area is 342 Å². The van der Waals surface area contributed by atoms with E-state index in [0.29, 0.717) is 5.84 Å². The molecule has 0 spiro atoms. The molecule has 11 rings (SSSR count). The lowest BCUT2D eigenvalue weighted by atomic mass is 9.68. The molecule has 5 heteroatoms. The molecule has 1 aliphatic rings. The summed E-state index contributed by atoms with van der Waals surface area (Å²) in [6.07, 6.45) is 3.87. The van der Waals surface area contributed by atoms with E-state index in [0.717, 1.165) is 49.6 Å². The summed E-state index contributed by atoms with van der Waals surface area (Å²) in [5, 5.41) is 13.7. The minimum Gasteiger partial charge on any atom is -0.282 e. The highest BCUT2D eigenvalue weighted by Gasteiger charge is 2.47. The van der Waals surface area contributed by atoms with Gasteiger partial charge in [-0.25, -0.2) is 4.99 Å². The van der Waals surface area contributed by atoms with Gasteiger partial charge >= 0.3 is 0 Å². The van der Waals surface area contributed by atoms with Crippen LogP contribution in [0.15, 0.2) is 218 Å². The fraction of sp³-hybridized carbons (Fsp3) is 0.0185. The highest BCUT2D eigenvalue weighted by molar-refractivity contribution is 6.23. The van der Waals surface area contributed by atoms with Gasteiger partial charge in [0.1, 0.15) is 0 Å². The van der Waals surface area contributed by atoms with E-state index < -0.39 is 5.41 Å². The van der Waals surface area contributed by atoms with Crippen LogP contribution in [0.2, 0.25) is 0 Å². The summed E-state index contributed by atoms with van der Waals surface area (Å²) < 4.78 is 2.16. The average molecular weight is 756 g/mol. The van der Waals surface area contributed by atoms with Gasteiger partial charge in [-0.1, -0.05) is 182 Å². The van der Waals surface area contributed by atoms with Crippen LogP contribution in [-0.2, 0) is 5.41 Å². The van der Waals surface area contributed by atoms with Gasteiger partial charge in [0.25, 0.3) is 0 Å². The lowest BCUT2D eigenvalue weighted by Gasteiger charge is -2.33. The molecule has 0 amide bonds. The van der Waals surface area contributed by atoms with Gasteiger partial charge in [0, 0.05) is 34.3 Å². The van der Waals surface area contributed by atoms with Crippen molar-refractivity contribution in [3.8, 4) is 22.3 Å². The first-order valence-corrected chi connectivity index (χ1v) is 19.9. The summed E-state index contributed by atoms with van der Waals surface area (Å²) >= 11 is 0. The van der Waals surface area contributed by atoms with E-state index in [1.165, 1.54) is 38.6 Å². The Hall–Kier alpha value is -7.89. The molecule has 2 heterocycles. The smallest absolute Gasteiger partial charge is 0.154 e. The van der Waals surface area contributed by atoms with E-state index in [1.54, 1.807) is 0 Å². The van der Waals surface area contributed by atoms with Gasteiger partial charge < -0.3 is 0 Å². The maximum absolute atomic E-state index is 9.06. The molecule has 2 N–H and O–H groups in total. The van der Waals surface area contributed by atoms with Crippen molar-refractivity contribution >= 4 is 44.2 Å². The van der Waals surface area contributed by atoms with Crippen molar-refractivity contribution < 1.29 is 0 Å². The molecular weight excluding hydrogens is 719 g/mol. The Bertz CT molecular complexity index is 3200. The largest absolute Gasteiger partial charge is 0.282 e. The molecule has 0 fully saturated rings. The molecule has 5 nitrogen and oxygen atoms in total. The van der Waals surface area contributed by atoms with E-state index in [4.69, 9.17) is 10.4 Å². The van der Waals surface area contributed by atoms with Crippen LogP contribution >= 0.6 is 0 Å².